The third-order valence-corrected chi connectivity index (χ3v) is 3.52. The molecule has 0 radical (unpaired) electrons. The number of rotatable bonds is 6. The van der Waals surface area contributed by atoms with Gasteiger partial charge in [-0.15, -0.1) is 0 Å². The van der Waals surface area contributed by atoms with Gasteiger partial charge in [-0.3, -0.25) is 0 Å². The second-order valence-corrected chi connectivity index (χ2v) is 4.53. The van der Waals surface area contributed by atoms with Gasteiger partial charge in [0.1, 0.15) is 0 Å². The van der Waals surface area contributed by atoms with Gasteiger partial charge in [0.25, 0.3) is 0 Å². The number of hydrogen-bond donors (Lipinski definition) is 1. The standard InChI is InChI=1S/C12H26N2/c1-4-10-14(6-3)11-12(5-2)8-7-9-13-12/h13H,4-11H2,1-3H3. The summed E-state index contributed by atoms with van der Waals surface area (Å²) in [5, 5.41) is 3.70. The molecule has 1 heterocycles. The van der Waals surface area contributed by atoms with Crippen LogP contribution in [-0.4, -0.2) is 36.6 Å². The second-order valence-electron chi connectivity index (χ2n) is 4.53. The molecule has 0 spiro atoms. The van der Waals surface area contributed by atoms with Crippen molar-refractivity contribution in [2.45, 2.75) is 52.0 Å². The summed E-state index contributed by atoms with van der Waals surface area (Å²) in [6.07, 6.45) is 5.27. The predicted molar refractivity (Wildman–Crippen MR) is 62.7 cm³/mol. The minimum absolute atomic E-state index is 0.436. The zero-order valence-corrected chi connectivity index (χ0v) is 10.1. The molecule has 14 heavy (non-hydrogen) atoms. The topological polar surface area (TPSA) is 15.3 Å². The van der Waals surface area contributed by atoms with E-state index in [2.05, 4.69) is 31.0 Å². The fraction of sp³-hybridized carbons (Fsp3) is 1.00. The third-order valence-electron chi connectivity index (χ3n) is 3.52. The number of hydrogen-bond acceptors (Lipinski definition) is 2. The minimum atomic E-state index is 0.436. The van der Waals surface area contributed by atoms with Crippen LogP contribution in [0, 0.1) is 0 Å². The van der Waals surface area contributed by atoms with Crippen LogP contribution >= 0.6 is 0 Å². The van der Waals surface area contributed by atoms with E-state index in [1.165, 1.54) is 51.9 Å². The van der Waals surface area contributed by atoms with Gasteiger partial charge in [0.05, 0.1) is 0 Å². The fourth-order valence-electron chi connectivity index (χ4n) is 2.51. The highest BCUT2D eigenvalue weighted by atomic mass is 15.2. The summed E-state index contributed by atoms with van der Waals surface area (Å²) in [7, 11) is 0. The molecule has 0 amide bonds. The molecule has 0 aromatic carbocycles. The summed E-state index contributed by atoms with van der Waals surface area (Å²) < 4.78 is 0. The highest BCUT2D eigenvalue weighted by Gasteiger charge is 2.32. The Hall–Kier alpha value is -0.0800. The summed E-state index contributed by atoms with van der Waals surface area (Å²) in [5.41, 5.74) is 0.436. The van der Waals surface area contributed by atoms with Crippen molar-refractivity contribution in [3.05, 3.63) is 0 Å². The van der Waals surface area contributed by atoms with Gasteiger partial charge in [-0.05, 0) is 45.3 Å². The number of nitrogens with zero attached hydrogens (tertiary/aromatic N) is 1. The average molecular weight is 198 g/mol. The van der Waals surface area contributed by atoms with Crippen molar-refractivity contribution in [3.8, 4) is 0 Å². The molecule has 1 aliphatic heterocycles. The van der Waals surface area contributed by atoms with Gasteiger partial charge in [0.2, 0.25) is 0 Å². The fourth-order valence-corrected chi connectivity index (χ4v) is 2.51. The smallest absolute Gasteiger partial charge is 0.0306 e. The van der Waals surface area contributed by atoms with Gasteiger partial charge in [-0.2, -0.15) is 0 Å². The Morgan fingerprint density at radius 1 is 1.29 bits per heavy atom. The van der Waals surface area contributed by atoms with E-state index in [-0.39, 0.29) is 0 Å². The van der Waals surface area contributed by atoms with Crippen LogP contribution in [0.5, 0.6) is 0 Å². The highest BCUT2D eigenvalue weighted by Crippen LogP contribution is 2.24. The van der Waals surface area contributed by atoms with Crippen molar-refractivity contribution in [1.29, 1.82) is 0 Å². The molecule has 0 aliphatic carbocycles. The van der Waals surface area contributed by atoms with Crippen LogP contribution in [0.4, 0.5) is 0 Å². The summed E-state index contributed by atoms with van der Waals surface area (Å²) in [6, 6.07) is 0. The predicted octanol–water partition coefficient (Wildman–Crippen LogP) is 2.25. The zero-order chi connectivity index (χ0) is 10.4. The molecular formula is C12H26N2. The average Bonchev–Trinajstić information content (AvgIpc) is 2.66. The van der Waals surface area contributed by atoms with Crippen molar-refractivity contribution in [2.24, 2.45) is 0 Å². The Kier molecular flexibility index (Phi) is 4.90. The van der Waals surface area contributed by atoms with Crippen LogP contribution in [0.25, 0.3) is 0 Å². The summed E-state index contributed by atoms with van der Waals surface area (Å²) in [5.74, 6) is 0. The van der Waals surface area contributed by atoms with Gasteiger partial charge in [0, 0.05) is 12.1 Å². The van der Waals surface area contributed by atoms with Gasteiger partial charge >= 0.3 is 0 Å². The van der Waals surface area contributed by atoms with E-state index in [4.69, 9.17) is 0 Å². The van der Waals surface area contributed by atoms with Gasteiger partial charge in [-0.1, -0.05) is 20.8 Å². The molecule has 1 saturated heterocycles. The maximum atomic E-state index is 3.70. The lowest BCUT2D eigenvalue weighted by Gasteiger charge is -2.34. The van der Waals surface area contributed by atoms with Crippen molar-refractivity contribution < 1.29 is 0 Å². The summed E-state index contributed by atoms with van der Waals surface area (Å²) in [6.45, 7) is 11.8. The third kappa shape index (κ3) is 2.96. The van der Waals surface area contributed by atoms with E-state index in [0.717, 1.165) is 0 Å². The zero-order valence-electron chi connectivity index (χ0n) is 10.1. The first-order valence-corrected chi connectivity index (χ1v) is 6.23. The molecule has 0 aromatic rings. The molecule has 2 heteroatoms. The Bertz CT molecular complexity index is 150. The SMILES string of the molecule is CCCN(CC)CC1(CC)CCCN1. The van der Waals surface area contributed by atoms with E-state index < -0.39 is 0 Å². The highest BCUT2D eigenvalue weighted by molar-refractivity contribution is 4.94. The lowest BCUT2D eigenvalue weighted by atomic mass is 9.93. The van der Waals surface area contributed by atoms with Crippen LogP contribution < -0.4 is 5.32 Å². The Balaban J connectivity index is 2.44. The molecule has 0 aromatic heterocycles. The van der Waals surface area contributed by atoms with Gasteiger partial charge in [-0.25, -0.2) is 0 Å². The van der Waals surface area contributed by atoms with Crippen molar-refractivity contribution in [1.82, 2.24) is 10.2 Å². The van der Waals surface area contributed by atoms with Crippen LogP contribution in [0.1, 0.15) is 46.5 Å². The first-order chi connectivity index (χ1) is 6.76. The Morgan fingerprint density at radius 3 is 2.50 bits per heavy atom. The van der Waals surface area contributed by atoms with Crippen LogP contribution in [-0.2, 0) is 0 Å². The molecule has 0 saturated carbocycles. The van der Waals surface area contributed by atoms with Gasteiger partial charge < -0.3 is 10.2 Å². The molecule has 84 valence electrons. The van der Waals surface area contributed by atoms with E-state index in [9.17, 15) is 0 Å². The first-order valence-electron chi connectivity index (χ1n) is 6.23. The quantitative estimate of drug-likeness (QED) is 0.704. The molecular weight excluding hydrogens is 172 g/mol. The first kappa shape index (κ1) is 12.0. The summed E-state index contributed by atoms with van der Waals surface area (Å²) in [4.78, 5) is 2.59. The molecule has 1 N–H and O–H groups in total. The molecule has 1 rings (SSSR count). The second kappa shape index (κ2) is 5.72. The van der Waals surface area contributed by atoms with Crippen molar-refractivity contribution in [3.63, 3.8) is 0 Å². The molecule has 0 bridgehead atoms. The lowest BCUT2D eigenvalue weighted by Crippen LogP contribution is -2.49. The van der Waals surface area contributed by atoms with E-state index >= 15 is 0 Å². The van der Waals surface area contributed by atoms with E-state index in [1.807, 2.05) is 0 Å². The molecule has 1 unspecified atom stereocenters. The van der Waals surface area contributed by atoms with Crippen LogP contribution in [0.3, 0.4) is 0 Å². The van der Waals surface area contributed by atoms with Crippen LogP contribution in [0.2, 0.25) is 0 Å². The monoisotopic (exact) mass is 198 g/mol. The largest absolute Gasteiger partial charge is 0.310 e. The maximum Gasteiger partial charge on any atom is 0.0306 e. The Morgan fingerprint density at radius 2 is 2.07 bits per heavy atom. The van der Waals surface area contributed by atoms with E-state index in [0.29, 0.717) is 5.54 Å². The molecule has 1 fully saturated rings. The van der Waals surface area contributed by atoms with Crippen LogP contribution in [0.15, 0.2) is 0 Å². The maximum absolute atomic E-state index is 3.70. The van der Waals surface area contributed by atoms with Gasteiger partial charge in [0.15, 0.2) is 0 Å². The number of nitrogens with one attached hydrogen (secondary N) is 1. The molecule has 1 aliphatic rings. The Labute approximate surface area is 89.1 Å². The number of likely N-dealkylation sites (N-methyl/N-ethyl adjacent to an activating group) is 1. The van der Waals surface area contributed by atoms with Crippen molar-refractivity contribution >= 4 is 0 Å². The molecule has 1 atom stereocenters. The minimum Gasteiger partial charge on any atom is -0.310 e. The van der Waals surface area contributed by atoms with E-state index in [1.54, 1.807) is 0 Å². The normalized spacial score (nSPS) is 27.4. The summed E-state index contributed by atoms with van der Waals surface area (Å²) >= 11 is 0. The van der Waals surface area contributed by atoms with Crippen molar-refractivity contribution in [2.75, 3.05) is 26.2 Å². The molecule has 2 nitrogen and oxygen atoms in total. The lowest BCUT2D eigenvalue weighted by molar-refractivity contribution is 0.195.